The minimum absolute atomic E-state index is 0.0954. The number of nitrogens with one attached hydrogen (secondary N) is 2. The first-order valence-electron chi connectivity index (χ1n) is 8.05. The van der Waals surface area contributed by atoms with Gasteiger partial charge in [-0.25, -0.2) is 9.18 Å². The van der Waals surface area contributed by atoms with Crippen molar-refractivity contribution in [1.29, 1.82) is 0 Å². The molecule has 2 amide bonds. The van der Waals surface area contributed by atoms with Crippen LogP contribution in [0.2, 0.25) is 0 Å². The molecule has 0 spiro atoms. The van der Waals surface area contributed by atoms with Crippen LogP contribution in [0.5, 0.6) is 5.75 Å². The highest BCUT2D eigenvalue weighted by atomic mass is 19.1. The Labute approximate surface area is 142 Å². The van der Waals surface area contributed by atoms with E-state index in [9.17, 15) is 9.18 Å². The second-order valence-electron chi connectivity index (χ2n) is 5.94. The van der Waals surface area contributed by atoms with E-state index in [0.717, 1.165) is 25.2 Å². The number of benzene rings is 1. The number of likely N-dealkylation sites (tertiary alicyclic amines) is 1. The molecule has 8 heteroatoms. The lowest BCUT2D eigenvalue weighted by molar-refractivity contribution is 0.167. The maximum Gasteiger partial charge on any atom is 0.317 e. The van der Waals surface area contributed by atoms with E-state index in [1.54, 1.807) is 23.1 Å². The van der Waals surface area contributed by atoms with Crippen LogP contribution in [0.3, 0.4) is 0 Å². The summed E-state index contributed by atoms with van der Waals surface area (Å²) >= 11 is 0. The van der Waals surface area contributed by atoms with Crippen molar-refractivity contribution in [3.63, 3.8) is 0 Å². The second kappa shape index (κ2) is 6.46. The summed E-state index contributed by atoms with van der Waals surface area (Å²) in [5.74, 6) is 0.00948. The van der Waals surface area contributed by atoms with Gasteiger partial charge in [0.15, 0.2) is 0 Å². The highest BCUT2D eigenvalue weighted by molar-refractivity contribution is 5.83. The molecule has 1 fully saturated rings. The third-order valence-electron chi connectivity index (χ3n) is 4.17. The Kier molecular flexibility index (Phi) is 4.01. The Morgan fingerprint density at radius 3 is 3.00 bits per heavy atom. The van der Waals surface area contributed by atoms with Crippen LogP contribution in [0, 0.1) is 5.82 Å². The summed E-state index contributed by atoms with van der Waals surface area (Å²) in [7, 11) is 0. The van der Waals surface area contributed by atoms with E-state index in [1.807, 2.05) is 0 Å². The number of halogens is 1. The first-order valence-corrected chi connectivity index (χ1v) is 8.05. The fourth-order valence-electron chi connectivity index (χ4n) is 2.68. The van der Waals surface area contributed by atoms with Crippen molar-refractivity contribution in [2.75, 3.05) is 13.1 Å². The van der Waals surface area contributed by atoms with Gasteiger partial charge in [0.2, 0.25) is 0 Å². The molecule has 1 aromatic carbocycles. The van der Waals surface area contributed by atoms with Gasteiger partial charge in [-0.2, -0.15) is 0 Å². The molecule has 0 unspecified atom stereocenters. The van der Waals surface area contributed by atoms with Crippen molar-refractivity contribution in [3.8, 4) is 5.75 Å². The van der Waals surface area contributed by atoms with Gasteiger partial charge in [0.05, 0.1) is 12.1 Å². The van der Waals surface area contributed by atoms with Crippen LogP contribution >= 0.6 is 0 Å². The summed E-state index contributed by atoms with van der Waals surface area (Å²) in [4.78, 5) is 16.7. The standard InChI is InChI=1S/C17H17FN4O3/c18-15-7-13(24-10-11-2-5-25-21-11)8-16-14(15)6-12(20-16)9-19-17(23)22-3-1-4-22/h2,5-8,20H,1,3-4,9-10H2,(H,19,23). The average molecular weight is 344 g/mol. The highest BCUT2D eigenvalue weighted by Crippen LogP contribution is 2.25. The summed E-state index contributed by atoms with van der Waals surface area (Å²) in [6, 6.07) is 6.34. The summed E-state index contributed by atoms with van der Waals surface area (Å²) in [5, 5.41) is 7.02. The normalized spacial score (nSPS) is 13.7. The molecule has 2 aromatic heterocycles. The van der Waals surface area contributed by atoms with Gasteiger partial charge in [0.25, 0.3) is 0 Å². The molecule has 1 aliphatic rings. The monoisotopic (exact) mass is 344 g/mol. The minimum Gasteiger partial charge on any atom is -0.487 e. The van der Waals surface area contributed by atoms with Crippen molar-refractivity contribution in [2.24, 2.45) is 0 Å². The van der Waals surface area contributed by atoms with Crippen molar-refractivity contribution in [2.45, 2.75) is 19.6 Å². The lowest BCUT2D eigenvalue weighted by atomic mass is 10.2. The van der Waals surface area contributed by atoms with Gasteiger partial charge in [-0.15, -0.1) is 0 Å². The zero-order valence-corrected chi connectivity index (χ0v) is 13.4. The topological polar surface area (TPSA) is 83.4 Å². The van der Waals surface area contributed by atoms with Gasteiger partial charge in [0, 0.05) is 42.4 Å². The van der Waals surface area contributed by atoms with Crippen LogP contribution < -0.4 is 10.1 Å². The molecule has 7 nitrogen and oxygen atoms in total. The van der Waals surface area contributed by atoms with Gasteiger partial charge >= 0.3 is 6.03 Å². The molecule has 3 heterocycles. The van der Waals surface area contributed by atoms with E-state index in [0.29, 0.717) is 28.9 Å². The Morgan fingerprint density at radius 2 is 2.28 bits per heavy atom. The number of ether oxygens (including phenoxy) is 1. The fraction of sp³-hybridized carbons (Fsp3) is 0.294. The number of carbonyl (C=O) groups excluding carboxylic acids is 1. The molecule has 0 aliphatic carbocycles. The van der Waals surface area contributed by atoms with E-state index >= 15 is 0 Å². The van der Waals surface area contributed by atoms with Gasteiger partial charge in [0.1, 0.15) is 30.1 Å². The lowest BCUT2D eigenvalue weighted by Crippen LogP contribution is -2.47. The number of hydrogen-bond donors (Lipinski definition) is 2. The van der Waals surface area contributed by atoms with Crippen LogP contribution in [-0.2, 0) is 13.2 Å². The Hall–Kier alpha value is -3.03. The first-order chi connectivity index (χ1) is 12.2. The quantitative estimate of drug-likeness (QED) is 0.745. The van der Waals surface area contributed by atoms with Crippen LogP contribution in [0.1, 0.15) is 17.8 Å². The molecule has 25 heavy (non-hydrogen) atoms. The summed E-state index contributed by atoms with van der Waals surface area (Å²) in [6.45, 7) is 2.10. The Balaban J connectivity index is 1.45. The highest BCUT2D eigenvalue weighted by Gasteiger charge is 2.19. The Morgan fingerprint density at radius 1 is 1.40 bits per heavy atom. The third-order valence-corrected chi connectivity index (χ3v) is 4.17. The molecule has 0 bridgehead atoms. The largest absolute Gasteiger partial charge is 0.487 e. The molecule has 4 rings (SSSR count). The average Bonchev–Trinajstić information content (AvgIpc) is 3.18. The summed E-state index contributed by atoms with van der Waals surface area (Å²) in [5.41, 5.74) is 1.97. The van der Waals surface area contributed by atoms with Crippen LogP contribution in [0.25, 0.3) is 10.9 Å². The number of carbonyl (C=O) groups is 1. The van der Waals surface area contributed by atoms with Crippen molar-refractivity contribution in [3.05, 3.63) is 47.7 Å². The molecular weight excluding hydrogens is 327 g/mol. The van der Waals surface area contributed by atoms with E-state index in [4.69, 9.17) is 9.26 Å². The van der Waals surface area contributed by atoms with Crippen LogP contribution in [0.15, 0.2) is 35.1 Å². The predicted octanol–water partition coefficient (Wildman–Crippen LogP) is 2.79. The molecular formula is C17H17FN4O3. The number of rotatable bonds is 5. The number of amides is 2. The maximum absolute atomic E-state index is 14.3. The number of aromatic nitrogens is 2. The van der Waals surface area contributed by atoms with Gasteiger partial charge in [-0.1, -0.05) is 5.16 Å². The number of nitrogens with zero attached hydrogens (tertiary/aromatic N) is 2. The lowest BCUT2D eigenvalue weighted by Gasteiger charge is -2.30. The molecule has 0 atom stereocenters. The first kappa shape index (κ1) is 15.5. The molecule has 1 saturated heterocycles. The number of aromatic amines is 1. The van der Waals surface area contributed by atoms with E-state index < -0.39 is 0 Å². The van der Waals surface area contributed by atoms with Crippen molar-refractivity contribution in [1.82, 2.24) is 20.4 Å². The zero-order chi connectivity index (χ0) is 17.2. The smallest absolute Gasteiger partial charge is 0.317 e. The molecule has 3 aromatic rings. The van der Waals surface area contributed by atoms with E-state index in [1.165, 1.54) is 12.3 Å². The number of urea groups is 1. The van der Waals surface area contributed by atoms with Crippen molar-refractivity contribution >= 4 is 16.9 Å². The maximum atomic E-state index is 14.3. The molecule has 0 saturated carbocycles. The predicted molar refractivity (Wildman–Crippen MR) is 87.5 cm³/mol. The van der Waals surface area contributed by atoms with Crippen molar-refractivity contribution < 1.29 is 18.4 Å². The zero-order valence-electron chi connectivity index (χ0n) is 13.4. The van der Waals surface area contributed by atoms with E-state index in [2.05, 4.69) is 15.5 Å². The van der Waals surface area contributed by atoms with Gasteiger partial charge in [-0.05, 0) is 12.5 Å². The molecule has 1 aliphatic heterocycles. The summed E-state index contributed by atoms with van der Waals surface area (Å²) in [6.07, 6.45) is 2.50. The van der Waals surface area contributed by atoms with Crippen LogP contribution in [-0.4, -0.2) is 34.2 Å². The third kappa shape index (κ3) is 3.28. The molecule has 2 N–H and O–H groups in total. The van der Waals surface area contributed by atoms with E-state index in [-0.39, 0.29) is 18.5 Å². The second-order valence-corrected chi connectivity index (χ2v) is 5.94. The Bertz CT molecular complexity index is 887. The summed E-state index contributed by atoms with van der Waals surface area (Å²) < 4.78 is 24.6. The van der Waals surface area contributed by atoms with Gasteiger partial charge < -0.3 is 24.5 Å². The number of fused-ring (bicyclic) bond motifs is 1. The molecule has 0 radical (unpaired) electrons. The minimum atomic E-state index is -0.385. The van der Waals surface area contributed by atoms with Crippen LogP contribution in [0.4, 0.5) is 9.18 Å². The number of hydrogen-bond acceptors (Lipinski definition) is 4. The SMILES string of the molecule is O=C(NCc1cc2c(F)cc(OCc3ccon3)cc2[nH]1)N1CCC1. The fourth-order valence-corrected chi connectivity index (χ4v) is 2.68. The number of H-pyrrole nitrogens is 1. The molecule has 130 valence electrons. The van der Waals surface area contributed by atoms with Gasteiger partial charge in [-0.3, -0.25) is 0 Å².